The van der Waals surface area contributed by atoms with E-state index in [1.54, 1.807) is 4.57 Å². The van der Waals surface area contributed by atoms with Crippen LogP contribution in [0.3, 0.4) is 0 Å². The standard InChI is InChI=1S/C21H24F3N5O5/c1-20(13-27-11-17(29(32)33)25-18(27)34-20)12-26-8-6-16(7-9-26)28(19(30)31)10-14-2-4-15(5-3-14)21(22,23)24/h2-5,11,16H,6-10,12-13H2,1H3,(H,30,31)/t20-/m0/s1. The zero-order chi connectivity index (χ0) is 24.7. The molecule has 1 N–H and O–H groups in total. The van der Waals surface area contributed by atoms with Crippen LogP contribution in [0.2, 0.25) is 0 Å². The van der Waals surface area contributed by atoms with Crippen molar-refractivity contribution in [3.8, 4) is 6.01 Å². The van der Waals surface area contributed by atoms with E-state index in [0.29, 0.717) is 44.6 Å². The summed E-state index contributed by atoms with van der Waals surface area (Å²) in [5, 5.41) is 20.6. The average Bonchev–Trinajstić information content (AvgIpc) is 3.27. The molecule has 34 heavy (non-hydrogen) atoms. The number of likely N-dealkylation sites (tertiary alicyclic amines) is 1. The summed E-state index contributed by atoms with van der Waals surface area (Å²) in [6.07, 6.45) is -3.07. The number of halogens is 3. The summed E-state index contributed by atoms with van der Waals surface area (Å²) < 4.78 is 45.8. The lowest BCUT2D eigenvalue weighted by molar-refractivity contribution is -0.389. The highest BCUT2D eigenvalue weighted by Crippen LogP contribution is 2.33. The quantitative estimate of drug-likeness (QED) is 0.493. The molecule has 0 bridgehead atoms. The van der Waals surface area contributed by atoms with E-state index < -0.39 is 28.4 Å². The van der Waals surface area contributed by atoms with E-state index in [1.165, 1.54) is 23.2 Å². The third-order valence-electron chi connectivity index (χ3n) is 6.19. The van der Waals surface area contributed by atoms with Gasteiger partial charge in [-0.2, -0.15) is 13.2 Å². The van der Waals surface area contributed by atoms with E-state index >= 15 is 0 Å². The molecule has 3 heterocycles. The monoisotopic (exact) mass is 483 g/mol. The lowest BCUT2D eigenvalue weighted by atomic mass is 9.99. The number of hydrogen-bond donors (Lipinski definition) is 1. The number of alkyl halides is 3. The number of amides is 1. The topological polar surface area (TPSA) is 114 Å². The first-order chi connectivity index (χ1) is 15.9. The fourth-order valence-electron chi connectivity index (χ4n) is 4.57. The van der Waals surface area contributed by atoms with Crippen LogP contribution < -0.4 is 4.74 Å². The summed E-state index contributed by atoms with van der Waals surface area (Å²) in [4.78, 5) is 29.5. The largest absolute Gasteiger partial charge is 0.465 e. The van der Waals surface area contributed by atoms with Crippen molar-refractivity contribution in [1.29, 1.82) is 0 Å². The Labute approximate surface area is 192 Å². The van der Waals surface area contributed by atoms with Gasteiger partial charge in [-0.3, -0.25) is 9.47 Å². The van der Waals surface area contributed by atoms with Crippen molar-refractivity contribution in [1.82, 2.24) is 19.4 Å². The molecule has 0 unspecified atom stereocenters. The van der Waals surface area contributed by atoms with E-state index in [4.69, 9.17) is 4.74 Å². The van der Waals surface area contributed by atoms with Crippen LogP contribution in [-0.2, 0) is 19.3 Å². The van der Waals surface area contributed by atoms with Gasteiger partial charge in [0.05, 0.1) is 12.1 Å². The lowest BCUT2D eigenvalue weighted by Crippen LogP contribution is -2.51. The molecule has 1 aromatic carbocycles. The van der Waals surface area contributed by atoms with Crippen LogP contribution >= 0.6 is 0 Å². The normalized spacial score (nSPS) is 21.2. The minimum Gasteiger partial charge on any atom is -0.465 e. The molecule has 184 valence electrons. The third kappa shape index (κ3) is 5.08. The number of imidazole rings is 1. The number of carbonyl (C=O) groups is 1. The molecular formula is C21H24F3N5O5. The average molecular weight is 483 g/mol. The first-order valence-corrected chi connectivity index (χ1v) is 10.7. The highest BCUT2D eigenvalue weighted by Gasteiger charge is 2.42. The first kappa shape index (κ1) is 23.8. The highest BCUT2D eigenvalue weighted by atomic mass is 19.4. The van der Waals surface area contributed by atoms with Crippen LogP contribution in [-0.4, -0.2) is 66.8 Å². The third-order valence-corrected chi connectivity index (χ3v) is 6.19. The smallest absolute Gasteiger partial charge is 0.416 e. The van der Waals surface area contributed by atoms with Gasteiger partial charge in [-0.15, -0.1) is 0 Å². The summed E-state index contributed by atoms with van der Waals surface area (Å²) in [5.74, 6) is -0.264. The molecule has 13 heteroatoms. The van der Waals surface area contributed by atoms with E-state index in [0.717, 1.165) is 12.1 Å². The Bertz CT molecular complexity index is 1040. The van der Waals surface area contributed by atoms with Crippen molar-refractivity contribution >= 4 is 11.9 Å². The Morgan fingerprint density at radius 2 is 1.97 bits per heavy atom. The minimum absolute atomic E-state index is 0.0128. The molecular weight excluding hydrogens is 459 g/mol. The van der Waals surface area contributed by atoms with Gasteiger partial charge in [-0.25, -0.2) is 4.79 Å². The Morgan fingerprint density at radius 1 is 1.32 bits per heavy atom. The second-order valence-electron chi connectivity index (χ2n) is 8.93. The highest BCUT2D eigenvalue weighted by molar-refractivity contribution is 5.65. The first-order valence-electron chi connectivity index (χ1n) is 10.7. The van der Waals surface area contributed by atoms with Crippen molar-refractivity contribution in [3.63, 3.8) is 0 Å². The number of aromatic nitrogens is 2. The van der Waals surface area contributed by atoms with E-state index in [-0.39, 0.29) is 24.4 Å². The predicted octanol–water partition coefficient (Wildman–Crippen LogP) is 3.61. The van der Waals surface area contributed by atoms with Gasteiger partial charge in [-0.1, -0.05) is 12.1 Å². The fraction of sp³-hybridized carbons (Fsp3) is 0.524. The molecule has 2 aliphatic rings. The van der Waals surface area contributed by atoms with Gasteiger partial charge in [0.25, 0.3) is 0 Å². The molecule has 1 atom stereocenters. The second-order valence-corrected chi connectivity index (χ2v) is 8.93. The molecule has 1 amide bonds. The van der Waals surface area contributed by atoms with E-state index in [1.807, 2.05) is 6.92 Å². The number of carboxylic acid groups (broad SMARTS) is 1. The maximum Gasteiger partial charge on any atom is 0.416 e. The molecule has 1 fully saturated rings. The van der Waals surface area contributed by atoms with Gasteiger partial charge in [0.15, 0.2) is 0 Å². The van der Waals surface area contributed by atoms with Crippen LogP contribution in [0.15, 0.2) is 30.5 Å². The predicted molar refractivity (Wildman–Crippen MR) is 112 cm³/mol. The number of rotatable bonds is 6. The zero-order valence-electron chi connectivity index (χ0n) is 18.4. The van der Waals surface area contributed by atoms with Gasteiger partial charge >= 0.3 is 24.1 Å². The Hall–Kier alpha value is -3.35. The number of nitrogens with zero attached hydrogens (tertiary/aromatic N) is 5. The van der Waals surface area contributed by atoms with Gasteiger partial charge in [0, 0.05) is 37.2 Å². The van der Waals surface area contributed by atoms with E-state index in [2.05, 4.69) is 9.88 Å². The lowest BCUT2D eigenvalue weighted by Gasteiger charge is -2.39. The number of benzene rings is 1. The van der Waals surface area contributed by atoms with Crippen molar-refractivity contribution in [2.75, 3.05) is 19.6 Å². The van der Waals surface area contributed by atoms with Gasteiger partial charge in [0.1, 0.15) is 11.8 Å². The summed E-state index contributed by atoms with van der Waals surface area (Å²) in [6, 6.07) is 4.48. The number of fused-ring (bicyclic) bond motifs is 1. The maximum absolute atomic E-state index is 12.8. The van der Waals surface area contributed by atoms with Crippen molar-refractivity contribution in [2.24, 2.45) is 0 Å². The number of hydrogen-bond acceptors (Lipinski definition) is 6. The molecule has 10 nitrogen and oxygen atoms in total. The van der Waals surface area contributed by atoms with Crippen LogP contribution in [0, 0.1) is 10.1 Å². The number of nitro groups is 1. The zero-order valence-corrected chi connectivity index (χ0v) is 18.4. The number of ether oxygens (including phenoxy) is 1. The van der Waals surface area contributed by atoms with Crippen LogP contribution in [0.5, 0.6) is 6.01 Å². The van der Waals surface area contributed by atoms with E-state index in [9.17, 15) is 33.2 Å². The summed E-state index contributed by atoms with van der Waals surface area (Å²) >= 11 is 0. The van der Waals surface area contributed by atoms with Gasteiger partial charge < -0.3 is 24.9 Å². The Morgan fingerprint density at radius 3 is 2.50 bits per heavy atom. The summed E-state index contributed by atoms with van der Waals surface area (Å²) in [5.41, 5.74) is -0.893. The molecule has 1 saturated heterocycles. The maximum atomic E-state index is 12.8. The van der Waals surface area contributed by atoms with Gasteiger partial charge in [-0.05, 0) is 42.4 Å². The molecule has 0 aliphatic carbocycles. The van der Waals surface area contributed by atoms with Crippen molar-refractivity contribution in [2.45, 2.75) is 50.7 Å². The fourth-order valence-corrected chi connectivity index (χ4v) is 4.57. The second kappa shape index (κ2) is 8.78. The molecule has 0 saturated carbocycles. The minimum atomic E-state index is -4.44. The number of piperidine rings is 1. The van der Waals surface area contributed by atoms with Gasteiger partial charge in [0.2, 0.25) is 0 Å². The van der Waals surface area contributed by atoms with Crippen LogP contribution in [0.4, 0.5) is 23.8 Å². The van der Waals surface area contributed by atoms with Crippen LogP contribution in [0.25, 0.3) is 0 Å². The SMILES string of the molecule is C[C@]1(CN2CCC(N(Cc3ccc(C(F)(F)F)cc3)C(=O)O)CC2)Cn2cc([N+](=O)[O-])nc2O1. The van der Waals surface area contributed by atoms with Crippen LogP contribution in [0.1, 0.15) is 30.9 Å². The Balaban J connectivity index is 1.32. The molecule has 0 spiro atoms. The van der Waals surface area contributed by atoms with Crippen molar-refractivity contribution in [3.05, 3.63) is 51.7 Å². The molecule has 4 rings (SSSR count). The molecule has 2 aliphatic heterocycles. The summed E-state index contributed by atoms with van der Waals surface area (Å²) in [6.45, 7) is 4.10. The molecule has 2 aromatic rings. The summed E-state index contributed by atoms with van der Waals surface area (Å²) in [7, 11) is 0. The Kier molecular flexibility index (Phi) is 6.14. The van der Waals surface area contributed by atoms with Crippen molar-refractivity contribution < 1.29 is 32.7 Å². The molecule has 0 radical (unpaired) electrons. The molecule has 1 aromatic heterocycles.